The minimum absolute atomic E-state index is 0.147. The number of hydrogen-bond acceptors (Lipinski definition) is 9. The largest absolute Gasteiger partial charge is 0.490 e. The molecule has 11 nitrogen and oxygen atoms in total. The first-order chi connectivity index (χ1) is 18.5. The van der Waals surface area contributed by atoms with Crippen molar-refractivity contribution in [2.24, 2.45) is 0 Å². The molecule has 0 fully saturated rings. The van der Waals surface area contributed by atoms with E-state index in [0.29, 0.717) is 42.4 Å². The van der Waals surface area contributed by atoms with Crippen LogP contribution in [0.5, 0.6) is 0 Å². The maximum absolute atomic E-state index is 12.7. The molecule has 1 aromatic carbocycles. The molecule has 0 aliphatic rings. The molecule has 3 rings (SSSR count). The molecule has 0 unspecified atom stereocenters. The number of anilines is 2. The number of unbranched alkanes of at least 4 members (excludes halogenated alkanes) is 1. The highest BCUT2D eigenvalue weighted by atomic mass is 32.2. The van der Waals surface area contributed by atoms with Gasteiger partial charge in [0.1, 0.15) is 33.6 Å². The van der Waals surface area contributed by atoms with Crippen molar-refractivity contribution in [2.75, 3.05) is 29.2 Å². The average Bonchev–Trinajstić information content (AvgIpc) is 3.33. The summed E-state index contributed by atoms with van der Waals surface area (Å²) in [5, 5.41) is 20.3. The van der Waals surface area contributed by atoms with E-state index >= 15 is 0 Å². The molecule has 4 N–H and O–H groups in total. The lowest BCUT2D eigenvalue weighted by Crippen LogP contribution is -2.21. The minimum atomic E-state index is -5.08. The molecule has 0 radical (unpaired) electrons. The van der Waals surface area contributed by atoms with Crippen molar-refractivity contribution < 1.29 is 44.7 Å². The minimum Gasteiger partial charge on any atom is -0.475 e. The van der Waals surface area contributed by atoms with Crippen LogP contribution in [-0.4, -0.2) is 69.4 Å². The summed E-state index contributed by atoms with van der Waals surface area (Å²) in [4.78, 5) is 21.6. The molecule has 0 aliphatic carbocycles. The lowest BCUT2D eigenvalue weighted by molar-refractivity contribution is -0.192. The number of nitrogens with zero attached hydrogens (tertiary/aromatic N) is 4. The maximum atomic E-state index is 12.7. The number of carboxylic acids is 1. The fourth-order valence-electron chi connectivity index (χ4n) is 2.93. The molecular weight excluding hydrogens is 572 g/mol. The topological polar surface area (TPSA) is 163 Å². The quantitative estimate of drug-likeness (QED) is 0.196. The van der Waals surface area contributed by atoms with E-state index in [1.807, 2.05) is 6.92 Å². The van der Waals surface area contributed by atoms with E-state index in [1.54, 1.807) is 6.07 Å². The summed E-state index contributed by atoms with van der Waals surface area (Å²) in [6.07, 6.45) is -5.64. The van der Waals surface area contributed by atoms with E-state index in [2.05, 4.69) is 35.8 Å². The Hall–Kier alpha value is -3.96. The lowest BCUT2D eigenvalue weighted by Gasteiger charge is -2.12. The van der Waals surface area contributed by atoms with E-state index in [-0.39, 0.29) is 17.6 Å². The Bertz CT molecular complexity index is 1360. The number of aromatic nitrogens is 5. The normalized spacial score (nSPS) is 12.7. The van der Waals surface area contributed by atoms with Crippen LogP contribution < -0.4 is 10.6 Å². The standard InChI is InChI=1S/C20H24F3N7O2S.C2HF3O2/c1-13(18-28-19(30-29-18)14-5-7-15(8-6-14)20(21,22)23)27-17-11-16(25-12-26-17)24-9-3-4-10-33(2,31)32;3-2(4,5)1(6)7/h5-8,11-13H,3-4,9-10H2,1-2H3,(H,28,29,30)(H2,24,25,26,27);(H,6,7)/t13-;/m1./s1. The average molecular weight is 598 g/mol. The number of nitrogens with one attached hydrogen (secondary N) is 3. The number of aromatic amines is 1. The Balaban J connectivity index is 0.000000708. The number of benzene rings is 1. The number of rotatable bonds is 10. The predicted molar refractivity (Wildman–Crippen MR) is 132 cm³/mol. The van der Waals surface area contributed by atoms with Gasteiger partial charge in [0.2, 0.25) is 0 Å². The summed E-state index contributed by atoms with van der Waals surface area (Å²) in [5.41, 5.74) is -0.275. The van der Waals surface area contributed by atoms with Crippen molar-refractivity contribution in [3.05, 3.63) is 48.0 Å². The van der Waals surface area contributed by atoms with Gasteiger partial charge in [-0.3, -0.25) is 5.10 Å². The Morgan fingerprint density at radius 2 is 1.65 bits per heavy atom. The number of aliphatic carboxylic acids is 1. The van der Waals surface area contributed by atoms with Gasteiger partial charge in [-0.25, -0.2) is 28.2 Å². The zero-order valence-corrected chi connectivity index (χ0v) is 21.8. The Morgan fingerprint density at radius 1 is 1.05 bits per heavy atom. The third-order valence-corrected chi connectivity index (χ3v) is 5.94. The first-order valence-electron chi connectivity index (χ1n) is 11.4. The van der Waals surface area contributed by atoms with E-state index in [9.17, 15) is 34.8 Å². The molecule has 3 aromatic rings. The number of carbonyl (C=O) groups is 1. The summed E-state index contributed by atoms with van der Waals surface area (Å²) in [6, 6.07) is 6.02. The first kappa shape index (κ1) is 32.3. The van der Waals surface area contributed by atoms with Crippen LogP contribution in [0.1, 0.15) is 37.2 Å². The summed E-state index contributed by atoms with van der Waals surface area (Å²) in [7, 11) is -2.96. The second-order valence-electron chi connectivity index (χ2n) is 8.34. The number of carboxylic acid groups (broad SMARTS) is 1. The highest BCUT2D eigenvalue weighted by Crippen LogP contribution is 2.30. The molecular formula is C22H25F6N7O4S. The molecule has 0 saturated carbocycles. The molecule has 0 aliphatic heterocycles. The molecule has 220 valence electrons. The van der Waals surface area contributed by atoms with Crippen LogP contribution in [0.3, 0.4) is 0 Å². The van der Waals surface area contributed by atoms with Gasteiger partial charge in [0.25, 0.3) is 0 Å². The molecule has 0 amide bonds. The van der Waals surface area contributed by atoms with Gasteiger partial charge in [0.15, 0.2) is 5.82 Å². The number of hydrogen-bond donors (Lipinski definition) is 4. The molecule has 0 spiro atoms. The van der Waals surface area contributed by atoms with Gasteiger partial charge in [-0.1, -0.05) is 12.1 Å². The van der Waals surface area contributed by atoms with Crippen molar-refractivity contribution >= 4 is 27.4 Å². The number of alkyl halides is 6. The number of halogens is 6. The SMILES string of the molecule is C[C@@H](Nc1cc(NCCCCS(C)(=O)=O)ncn1)c1nc(-c2ccc(C(F)(F)F)cc2)n[nH]1.O=C(O)C(F)(F)F. The van der Waals surface area contributed by atoms with E-state index in [4.69, 9.17) is 9.90 Å². The third kappa shape index (κ3) is 11.0. The fourth-order valence-corrected chi connectivity index (χ4v) is 3.66. The van der Waals surface area contributed by atoms with Gasteiger partial charge in [0.05, 0.1) is 11.6 Å². The van der Waals surface area contributed by atoms with Crippen LogP contribution in [0.2, 0.25) is 0 Å². The van der Waals surface area contributed by atoms with Gasteiger partial charge in [-0.05, 0) is 31.9 Å². The molecule has 18 heteroatoms. The van der Waals surface area contributed by atoms with Crippen molar-refractivity contribution in [3.8, 4) is 11.4 Å². The Labute approximate surface area is 224 Å². The van der Waals surface area contributed by atoms with Crippen LogP contribution in [-0.2, 0) is 20.8 Å². The van der Waals surface area contributed by atoms with Gasteiger partial charge < -0.3 is 15.7 Å². The van der Waals surface area contributed by atoms with Crippen LogP contribution in [0.4, 0.5) is 38.0 Å². The van der Waals surface area contributed by atoms with Crippen molar-refractivity contribution in [3.63, 3.8) is 0 Å². The van der Waals surface area contributed by atoms with E-state index in [1.165, 1.54) is 24.7 Å². The van der Waals surface area contributed by atoms with Crippen LogP contribution in [0.25, 0.3) is 11.4 Å². The summed E-state index contributed by atoms with van der Waals surface area (Å²) in [6.45, 7) is 2.40. The zero-order valence-electron chi connectivity index (χ0n) is 21.0. The summed E-state index contributed by atoms with van der Waals surface area (Å²) < 4.78 is 92.2. The van der Waals surface area contributed by atoms with Crippen molar-refractivity contribution in [2.45, 2.75) is 38.2 Å². The highest BCUT2D eigenvalue weighted by Gasteiger charge is 2.38. The van der Waals surface area contributed by atoms with Crippen LogP contribution in [0.15, 0.2) is 36.7 Å². The smallest absolute Gasteiger partial charge is 0.475 e. The Morgan fingerprint density at radius 3 is 2.20 bits per heavy atom. The number of sulfone groups is 1. The first-order valence-corrected chi connectivity index (χ1v) is 13.4. The molecule has 1 atom stereocenters. The second kappa shape index (κ2) is 13.4. The van der Waals surface area contributed by atoms with Gasteiger partial charge in [-0.15, -0.1) is 0 Å². The second-order valence-corrected chi connectivity index (χ2v) is 10.6. The van der Waals surface area contributed by atoms with E-state index in [0.717, 1.165) is 12.1 Å². The summed E-state index contributed by atoms with van der Waals surface area (Å²) >= 11 is 0. The van der Waals surface area contributed by atoms with Crippen molar-refractivity contribution in [1.82, 2.24) is 25.1 Å². The number of H-pyrrole nitrogens is 1. The molecule has 0 bridgehead atoms. The molecule has 2 heterocycles. The molecule has 0 saturated heterocycles. The molecule has 2 aromatic heterocycles. The van der Waals surface area contributed by atoms with E-state index < -0.39 is 33.7 Å². The van der Waals surface area contributed by atoms with Gasteiger partial charge >= 0.3 is 18.3 Å². The Kier molecular flexibility index (Phi) is 10.8. The third-order valence-electron chi connectivity index (χ3n) is 4.91. The van der Waals surface area contributed by atoms with Crippen LogP contribution in [0, 0.1) is 0 Å². The monoisotopic (exact) mass is 597 g/mol. The predicted octanol–water partition coefficient (Wildman–Crippen LogP) is 4.32. The highest BCUT2D eigenvalue weighted by molar-refractivity contribution is 7.90. The zero-order chi connectivity index (χ0) is 30.1. The van der Waals surface area contributed by atoms with Gasteiger partial charge in [-0.2, -0.15) is 31.4 Å². The van der Waals surface area contributed by atoms with Gasteiger partial charge in [0, 0.05) is 30.2 Å². The summed E-state index contributed by atoms with van der Waals surface area (Å²) in [5.74, 6) is -0.725. The molecule has 40 heavy (non-hydrogen) atoms. The van der Waals surface area contributed by atoms with Crippen molar-refractivity contribution in [1.29, 1.82) is 0 Å². The fraction of sp³-hybridized carbons (Fsp3) is 0.409. The van der Waals surface area contributed by atoms with Crippen LogP contribution >= 0.6 is 0 Å². The maximum Gasteiger partial charge on any atom is 0.490 e. The lowest BCUT2D eigenvalue weighted by atomic mass is 10.1.